The number of hydrogen-bond acceptors (Lipinski definition) is 2. The fourth-order valence-corrected chi connectivity index (χ4v) is 0.902. The van der Waals surface area contributed by atoms with Crippen LogP contribution in [0.15, 0.2) is 24.3 Å². The van der Waals surface area contributed by atoms with Crippen LogP contribution in [0.1, 0.15) is 12.0 Å². The van der Waals surface area contributed by atoms with E-state index in [0.29, 0.717) is 0 Å². The summed E-state index contributed by atoms with van der Waals surface area (Å²) >= 11 is 0. The highest BCUT2D eigenvalue weighted by atomic mass is 19.3. The van der Waals surface area contributed by atoms with Crippen molar-refractivity contribution < 1.29 is 13.5 Å². The van der Waals surface area contributed by atoms with Crippen LogP contribution in [0.25, 0.3) is 0 Å². The normalized spacial score (nSPS) is 9.69. The lowest BCUT2D eigenvalue weighted by atomic mass is 10.2. The van der Waals surface area contributed by atoms with Gasteiger partial charge in [0.25, 0.3) is 6.43 Å². The minimum Gasteiger partial charge on any atom is -0.478 e. The van der Waals surface area contributed by atoms with Crippen LogP contribution >= 0.6 is 0 Å². The van der Waals surface area contributed by atoms with Crippen LogP contribution in [-0.2, 0) is 0 Å². The number of rotatable bonds is 3. The van der Waals surface area contributed by atoms with E-state index in [4.69, 9.17) is 10.00 Å². The largest absolute Gasteiger partial charge is 0.478 e. The van der Waals surface area contributed by atoms with Crippen molar-refractivity contribution in [1.82, 2.24) is 0 Å². The quantitative estimate of drug-likeness (QED) is 0.721. The van der Waals surface area contributed by atoms with E-state index in [1.165, 1.54) is 18.2 Å². The Morgan fingerprint density at radius 3 is 2.69 bits per heavy atom. The molecule has 0 bridgehead atoms. The lowest BCUT2D eigenvalue weighted by Gasteiger charge is -2.07. The lowest BCUT2D eigenvalue weighted by Crippen LogP contribution is -1.97. The first-order valence-corrected chi connectivity index (χ1v) is 3.62. The maximum absolute atomic E-state index is 12.3. The number of ether oxygens (including phenoxy) is 1. The highest BCUT2D eigenvalue weighted by molar-refractivity contribution is 5.34. The van der Waals surface area contributed by atoms with Gasteiger partial charge in [-0.2, -0.15) is 5.26 Å². The molecule has 0 atom stereocenters. The van der Waals surface area contributed by atoms with Crippen LogP contribution in [0, 0.1) is 11.3 Å². The second-order valence-corrected chi connectivity index (χ2v) is 2.29. The highest BCUT2D eigenvalue weighted by Crippen LogP contribution is 2.28. The molecule has 0 aliphatic heterocycles. The van der Waals surface area contributed by atoms with Crippen molar-refractivity contribution in [3.8, 4) is 11.8 Å². The molecule has 13 heavy (non-hydrogen) atoms. The zero-order valence-electron chi connectivity index (χ0n) is 6.71. The Morgan fingerprint density at radius 2 is 2.08 bits per heavy atom. The van der Waals surface area contributed by atoms with Gasteiger partial charge in [0.05, 0.1) is 5.56 Å². The molecular weight excluding hydrogens is 176 g/mol. The van der Waals surface area contributed by atoms with Gasteiger partial charge in [-0.1, -0.05) is 12.1 Å². The molecule has 0 radical (unpaired) electrons. The Kier molecular flexibility index (Phi) is 3.21. The van der Waals surface area contributed by atoms with Gasteiger partial charge in [0.2, 0.25) is 0 Å². The fourth-order valence-electron chi connectivity index (χ4n) is 0.902. The Morgan fingerprint density at radius 1 is 1.38 bits per heavy atom. The van der Waals surface area contributed by atoms with Gasteiger partial charge in [0.15, 0.2) is 6.61 Å². The summed E-state index contributed by atoms with van der Waals surface area (Å²) in [6.07, 6.45) is -2.57. The van der Waals surface area contributed by atoms with Gasteiger partial charge in [0, 0.05) is 0 Å². The standard InChI is InChI=1S/C9H7F2NO/c10-9(11)7-3-1-2-4-8(7)13-6-5-12/h1-4,9H,6H2. The van der Waals surface area contributed by atoms with Crippen molar-refractivity contribution in [2.24, 2.45) is 0 Å². The molecule has 0 unspecified atom stereocenters. The molecule has 1 aromatic carbocycles. The predicted molar refractivity (Wildman–Crippen MR) is 42.5 cm³/mol. The number of alkyl halides is 2. The van der Waals surface area contributed by atoms with E-state index in [9.17, 15) is 8.78 Å². The number of hydrogen-bond donors (Lipinski definition) is 0. The molecule has 0 saturated heterocycles. The van der Waals surface area contributed by atoms with Crippen molar-refractivity contribution in [3.05, 3.63) is 29.8 Å². The molecule has 1 aromatic rings. The summed E-state index contributed by atoms with van der Waals surface area (Å²) in [4.78, 5) is 0. The number of benzene rings is 1. The van der Waals surface area contributed by atoms with E-state index in [1.54, 1.807) is 12.1 Å². The van der Waals surface area contributed by atoms with Crippen LogP contribution < -0.4 is 4.74 Å². The van der Waals surface area contributed by atoms with Crippen LogP contribution in [-0.4, -0.2) is 6.61 Å². The first kappa shape index (κ1) is 9.46. The molecule has 2 nitrogen and oxygen atoms in total. The molecule has 0 amide bonds. The van der Waals surface area contributed by atoms with Gasteiger partial charge in [-0.05, 0) is 12.1 Å². The SMILES string of the molecule is N#CCOc1ccccc1C(F)F. The molecule has 0 heterocycles. The van der Waals surface area contributed by atoms with Gasteiger partial charge < -0.3 is 4.74 Å². The van der Waals surface area contributed by atoms with Crippen molar-refractivity contribution >= 4 is 0 Å². The van der Waals surface area contributed by atoms with E-state index in [1.807, 2.05) is 0 Å². The number of para-hydroxylation sites is 1. The van der Waals surface area contributed by atoms with Crippen molar-refractivity contribution in [2.75, 3.05) is 6.61 Å². The second-order valence-electron chi connectivity index (χ2n) is 2.29. The van der Waals surface area contributed by atoms with Gasteiger partial charge >= 0.3 is 0 Å². The number of halogens is 2. The van der Waals surface area contributed by atoms with Crippen LogP contribution in [0.2, 0.25) is 0 Å². The predicted octanol–water partition coefficient (Wildman–Crippen LogP) is 2.53. The van der Waals surface area contributed by atoms with Gasteiger partial charge in [0.1, 0.15) is 11.8 Å². The van der Waals surface area contributed by atoms with Crippen molar-refractivity contribution in [2.45, 2.75) is 6.43 Å². The molecule has 1 rings (SSSR count). The third kappa shape index (κ3) is 2.41. The lowest BCUT2D eigenvalue weighted by molar-refractivity contribution is 0.146. The summed E-state index contributed by atoms with van der Waals surface area (Å²) in [6.45, 7) is -0.219. The zero-order chi connectivity index (χ0) is 9.68. The first-order valence-electron chi connectivity index (χ1n) is 3.62. The number of nitriles is 1. The maximum Gasteiger partial charge on any atom is 0.267 e. The molecule has 0 N–H and O–H groups in total. The summed E-state index contributed by atoms with van der Waals surface area (Å²) in [6, 6.07) is 7.49. The average molecular weight is 183 g/mol. The minimum absolute atomic E-state index is 0.0686. The summed E-state index contributed by atoms with van der Waals surface area (Å²) in [5.74, 6) is 0.0686. The molecule has 0 spiro atoms. The summed E-state index contributed by atoms with van der Waals surface area (Å²) in [5, 5.41) is 8.19. The third-order valence-electron chi connectivity index (χ3n) is 1.45. The van der Waals surface area contributed by atoms with E-state index in [0.717, 1.165) is 0 Å². The Balaban J connectivity index is 2.86. The third-order valence-corrected chi connectivity index (χ3v) is 1.45. The van der Waals surface area contributed by atoms with E-state index in [2.05, 4.69) is 0 Å². The highest BCUT2D eigenvalue weighted by Gasteiger charge is 2.12. The van der Waals surface area contributed by atoms with Gasteiger partial charge in [-0.15, -0.1) is 0 Å². The van der Waals surface area contributed by atoms with Crippen LogP contribution in [0.4, 0.5) is 8.78 Å². The monoisotopic (exact) mass is 183 g/mol. The van der Waals surface area contributed by atoms with Crippen LogP contribution in [0.3, 0.4) is 0 Å². The maximum atomic E-state index is 12.3. The zero-order valence-corrected chi connectivity index (χ0v) is 6.71. The van der Waals surface area contributed by atoms with Crippen molar-refractivity contribution in [3.63, 3.8) is 0 Å². The first-order chi connectivity index (χ1) is 6.25. The molecule has 0 aromatic heterocycles. The van der Waals surface area contributed by atoms with Gasteiger partial charge in [-0.25, -0.2) is 8.78 Å². The molecule has 0 saturated carbocycles. The summed E-state index contributed by atoms with van der Waals surface area (Å²) in [5.41, 5.74) is -0.183. The molecule has 0 fully saturated rings. The smallest absolute Gasteiger partial charge is 0.267 e. The topological polar surface area (TPSA) is 33.0 Å². The molecular formula is C9H7F2NO. The Labute approximate surface area is 74.4 Å². The summed E-state index contributed by atoms with van der Waals surface area (Å²) in [7, 11) is 0. The number of nitrogens with zero attached hydrogens (tertiary/aromatic N) is 1. The average Bonchev–Trinajstić information content (AvgIpc) is 2.15. The minimum atomic E-state index is -2.57. The second kappa shape index (κ2) is 4.41. The summed E-state index contributed by atoms with van der Waals surface area (Å²) < 4.78 is 29.4. The Bertz CT molecular complexity index is 320. The van der Waals surface area contributed by atoms with E-state index < -0.39 is 6.43 Å². The van der Waals surface area contributed by atoms with E-state index in [-0.39, 0.29) is 17.9 Å². The fraction of sp³-hybridized carbons (Fsp3) is 0.222. The molecule has 0 aliphatic rings. The van der Waals surface area contributed by atoms with Gasteiger partial charge in [-0.3, -0.25) is 0 Å². The Hall–Kier alpha value is -1.63. The van der Waals surface area contributed by atoms with Crippen molar-refractivity contribution in [1.29, 1.82) is 5.26 Å². The molecule has 0 aliphatic carbocycles. The van der Waals surface area contributed by atoms with E-state index >= 15 is 0 Å². The molecule has 68 valence electrons. The molecule has 4 heteroatoms. The van der Waals surface area contributed by atoms with Crippen LogP contribution in [0.5, 0.6) is 5.75 Å².